The van der Waals surface area contributed by atoms with E-state index in [1.165, 1.54) is 18.4 Å². The molecule has 0 nitrogen and oxygen atoms in total. The van der Waals surface area contributed by atoms with Crippen LogP contribution in [0, 0.1) is 22.7 Å². The maximum absolute atomic E-state index is 2.42. The molecule has 21 heavy (non-hydrogen) atoms. The van der Waals surface area contributed by atoms with Gasteiger partial charge in [0.05, 0.1) is 0 Å². The summed E-state index contributed by atoms with van der Waals surface area (Å²) in [4.78, 5) is 0. The Morgan fingerprint density at radius 2 is 1.67 bits per heavy atom. The quantitative estimate of drug-likeness (QED) is 0.525. The molecule has 0 amide bonds. The van der Waals surface area contributed by atoms with Crippen LogP contribution in [0.5, 0.6) is 0 Å². The van der Waals surface area contributed by atoms with Gasteiger partial charge in [-0.15, -0.1) is 0 Å². The molecule has 120 valence electrons. The van der Waals surface area contributed by atoms with Gasteiger partial charge in [-0.3, -0.25) is 0 Å². The van der Waals surface area contributed by atoms with Gasteiger partial charge >= 0.3 is 0 Å². The monoisotopic (exact) mass is 288 g/mol. The highest BCUT2D eigenvalue weighted by molar-refractivity contribution is 5.35. The molecule has 0 saturated carbocycles. The van der Waals surface area contributed by atoms with Gasteiger partial charge in [0.2, 0.25) is 0 Å². The van der Waals surface area contributed by atoms with Crippen molar-refractivity contribution < 1.29 is 0 Å². The maximum Gasteiger partial charge on any atom is -0.0129 e. The van der Waals surface area contributed by atoms with Crippen LogP contribution in [0.1, 0.15) is 74.7 Å². The molecule has 0 radical (unpaired) electrons. The highest BCUT2D eigenvalue weighted by atomic mass is 14.3. The summed E-state index contributed by atoms with van der Waals surface area (Å²) in [7, 11) is 0. The lowest BCUT2D eigenvalue weighted by Gasteiger charge is -2.34. The molecule has 2 unspecified atom stereocenters. The fourth-order valence-corrected chi connectivity index (χ4v) is 3.03. The van der Waals surface area contributed by atoms with E-state index < -0.39 is 0 Å². The van der Waals surface area contributed by atoms with Gasteiger partial charge in [-0.1, -0.05) is 91.7 Å². The number of hydrogen-bond acceptors (Lipinski definition) is 0. The lowest BCUT2D eigenvalue weighted by Crippen LogP contribution is -2.24. The van der Waals surface area contributed by atoms with E-state index in [2.05, 4.69) is 79.7 Å². The molecule has 0 N–H and O–H groups in total. The molecule has 1 rings (SSSR count). The third kappa shape index (κ3) is 5.49. The minimum absolute atomic E-state index is 0.233. The third-order valence-electron chi connectivity index (χ3n) is 4.82. The van der Waals surface area contributed by atoms with Crippen molar-refractivity contribution in [2.24, 2.45) is 22.7 Å². The van der Waals surface area contributed by atoms with Crippen molar-refractivity contribution in [3.63, 3.8) is 0 Å². The molecule has 0 heterocycles. The van der Waals surface area contributed by atoms with E-state index in [4.69, 9.17) is 0 Å². The fourth-order valence-electron chi connectivity index (χ4n) is 3.03. The first-order valence-electron chi connectivity index (χ1n) is 8.63. The fraction of sp³-hybridized carbons (Fsp3) is 0.714. The normalized spacial score (nSPS) is 19.6. The standard InChI is InChI=1S/C21H36/c1-9-16(2)15-19(21(6,7)8)17-11-10-12-18(14-13-17)20(3,4)5/h10,12-14,16,19H,9,11,15H2,1-8H3. The van der Waals surface area contributed by atoms with Crippen LogP contribution in [0.25, 0.3) is 0 Å². The van der Waals surface area contributed by atoms with Gasteiger partial charge in [-0.2, -0.15) is 0 Å². The van der Waals surface area contributed by atoms with Gasteiger partial charge in [-0.05, 0) is 41.1 Å². The maximum atomic E-state index is 2.42. The topological polar surface area (TPSA) is 0 Å². The van der Waals surface area contributed by atoms with Gasteiger partial charge in [-0.25, -0.2) is 0 Å². The Hall–Kier alpha value is -0.780. The van der Waals surface area contributed by atoms with Crippen molar-refractivity contribution in [1.29, 1.82) is 0 Å². The van der Waals surface area contributed by atoms with Crippen LogP contribution in [0.4, 0.5) is 0 Å². The van der Waals surface area contributed by atoms with Gasteiger partial charge in [0.15, 0.2) is 0 Å². The van der Waals surface area contributed by atoms with Crippen LogP contribution >= 0.6 is 0 Å². The molecule has 0 saturated heterocycles. The minimum Gasteiger partial charge on any atom is -0.0802 e. The smallest absolute Gasteiger partial charge is 0.0129 e. The second kappa shape index (κ2) is 6.99. The molecule has 1 aliphatic rings. The van der Waals surface area contributed by atoms with Crippen LogP contribution < -0.4 is 0 Å². The molecule has 0 fully saturated rings. The zero-order chi connectivity index (χ0) is 16.3. The summed E-state index contributed by atoms with van der Waals surface area (Å²) in [6.45, 7) is 18.8. The van der Waals surface area contributed by atoms with E-state index >= 15 is 0 Å². The van der Waals surface area contributed by atoms with Crippen molar-refractivity contribution in [3.05, 3.63) is 35.5 Å². The number of rotatable bonds is 4. The van der Waals surface area contributed by atoms with Gasteiger partial charge < -0.3 is 0 Å². The lowest BCUT2D eigenvalue weighted by atomic mass is 9.71. The van der Waals surface area contributed by atoms with Crippen LogP contribution in [0.2, 0.25) is 0 Å². The molecule has 0 heteroatoms. The Bertz CT molecular complexity index is 418. The summed E-state index contributed by atoms with van der Waals surface area (Å²) in [5, 5.41) is 0. The molecule has 0 bridgehead atoms. The predicted molar refractivity (Wildman–Crippen MR) is 96.4 cm³/mol. The second-order valence-electron chi connectivity index (χ2n) is 8.89. The van der Waals surface area contributed by atoms with Gasteiger partial charge in [0, 0.05) is 0 Å². The number of allylic oxidation sites excluding steroid dienone is 6. The summed E-state index contributed by atoms with van der Waals surface area (Å²) in [6.07, 6.45) is 13.1. The molecular formula is C21H36. The van der Waals surface area contributed by atoms with Crippen molar-refractivity contribution in [2.45, 2.75) is 74.7 Å². The largest absolute Gasteiger partial charge is 0.0802 e. The first kappa shape index (κ1) is 18.3. The third-order valence-corrected chi connectivity index (χ3v) is 4.82. The van der Waals surface area contributed by atoms with Crippen molar-refractivity contribution in [2.75, 3.05) is 0 Å². The Kier molecular flexibility index (Phi) is 6.08. The summed E-state index contributed by atoms with van der Waals surface area (Å²) in [5.41, 5.74) is 3.62. The molecule has 0 aromatic carbocycles. The Labute approximate surface area is 133 Å². The zero-order valence-electron chi connectivity index (χ0n) is 15.6. The van der Waals surface area contributed by atoms with Gasteiger partial charge in [0.1, 0.15) is 0 Å². The highest BCUT2D eigenvalue weighted by Gasteiger charge is 2.29. The average Bonchev–Trinajstić information content (AvgIpc) is 2.59. The van der Waals surface area contributed by atoms with Crippen LogP contribution in [0.15, 0.2) is 35.5 Å². The molecule has 0 aromatic rings. The first-order valence-corrected chi connectivity index (χ1v) is 8.63. The molecule has 0 spiro atoms. The Morgan fingerprint density at radius 1 is 1.05 bits per heavy atom. The molecule has 0 aromatic heterocycles. The van der Waals surface area contributed by atoms with E-state index in [1.54, 1.807) is 5.57 Å². The van der Waals surface area contributed by atoms with Crippen LogP contribution in [-0.2, 0) is 0 Å². The van der Waals surface area contributed by atoms with E-state index in [-0.39, 0.29) is 5.41 Å². The van der Waals surface area contributed by atoms with Crippen molar-refractivity contribution >= 4 is 0 Å². The zero-order valence-corrected chi connectivity index (χ0v) is 15.6. The summed E-state index contributed by atoms with van der Waals surface area (Å²) in [6, 6.07) is 0. The Morgan fingerprint density at radius 3 is 2.14 bits per heavy atom. The highest BCUT2D eigenvalue weighted by Crippen LogP contribution is 2.40. The average molecular weight is 289 g/mol. The molecule has 0 aliphatic heterocycles. The van der Waals surface area contributed by atoms with E-state index in [0.717, 1.165) is 12.3 Å². The molecule has 2 atom stereocenters. The molecule has 1 aliphatic carbocycles. The summed E-state index contributed by atoms with van der Waals surface area (Å²) in [5.74, 6) is 1.47. The van der Waals surface area contributed by atoms with E-state index in [1.807, 2.05) is 0 Å². The molecular weight excluding hydrogens is 252 g/mol. The van der Waals surface area contributed by atoms with E-state index in [9.17, 15) is 0 Å². The Balaban J connectivity index is 3.07. The van der Waals surface area contributed by atoms with Crippen LogP contribution in [0.3, 0.4) is 0 Å². The van der Waals surface area contributed by atoms with Crippen molar-refractivity contribution in [3.8, 4) is 0 Å². The van der Waals surface area contributed by atoms with Crippen molar-refractivity contribution in [1.82, 2.24) is 0 Å². The van der Waals surface area contributed by atoms with E-state index in [0.29, 0.717) is 11.3 Å². The van der Waals surface area contributed by atoms with Crippen LogP contribution in [-0.4, -0.2) is 0 Å². The summed E-state index contributed by atoms with van der Waals surface area (Å²) < 4.78 is 0. The van der Waals surface area contributed by atoms with Gasteiger partial charge in [0.25, 0.3) is 0 Å². The minimum atomic E-state index is 0.233. The summed E-state index contributed by atoms with van der Waals surface area (Å²) >= 11 is 0. The second-order valence-corrected chi connectivity index (χ2v) is 8.89. The lowest BCUT2D eigenvalue weighted by molar-refractivity contribution is 0.231. The SMILES string of the molecule is CCC(C)CC(C1=CC=C(C(C)(C)C)C=CC1)C(C)(C)C. The predicted octanol–water partition coefficient (Wildman–Crippen LogP) is 6.94. The number of hydrogen-bond donors (Lipinski definition) is 0. The first-order chi connectivity index (χ1) is 9.55.